The number of aryl methyl sites for hydroxylation is 1. The Morgan fingerprint density at radius 2 is 2.04 bits per heavy atom. The summed E-state index contributed by atoms with van der Waals surface area (Å²) >= 11 is 3.36. The standard InChI is InChI=1S/C18H20BrN3O3/c1-13-17(19)10-16(25-13)11-20-21-18(23)15-4-2-14(3-5-15)12-22-6-8-24-9-7-22/h2-5,10-11H,6-9,12H2,1H3,(H,21,23)/b20-11-. The van der Waals surface area contributed by atoms with Crippen LogP contribution in [0.4, 0.5) is 0 Å². The molecular formula is C18H20BrN3O3. The molecule has 1 aliphatic rings. The lowest BCUT2D eigenvalue weighted by Crippen LogP contribution is -2.35. The van der Waals surface area contributed by atoms with Gasteiger partial charge in [0.05, 0.1) is 23.9 Å². The summed E-state index contributed by atoms with van der Waals surface area (Å²) in [6, 6.07) is 9.37. The Labute approximate surface area is 155 Å². The zero-order chi connectivity index (χ0) is 17.6. The van der Waals surface area contributed by atoms with Crippen LogP contribution in [-0.4, -0.2) is 43.3 Å². The molecule has 1 aromatic heterocycles. The van der Waals surface area contributed by atoms with Crippen molar-refractivity contribution in [2.45, 2.75) is 13.5 Å². The molecule has 1 aliphatic heterocycles. The van der Waals surface area contributed by atoms with Crippen LogP contribution in [0.25, 0.3) is 0 Å². The number of rotatable bonds is 5. The van der Waals surface area contributed by atoms with Crippen LogP contribution < -0.4 is 5.43 Å². The first kappa shape index (κ1) is 17.8. The molecule has 6 nitrogen and oxygen atoms in total. The van der Waals surface area contributed by atoms with Gasteiger partial charge in [0, 0.05) is 31.3 Å². The van der Waals surface area contributed by atoms with Gasteiger partial charge in [-0.15, -0.1) is 0 Å². The summed E-state index contributed by atoms with van der Waals surface area (Å²) in [5, 5.41) is 3.93. The number of carbonyl (C=O) groups excluding carboxylic acids is 1. The van der Waals surface area contributed by atoms with Crippen molar-refractivity contribution in [1.82, 2.24) is 10.3 Å². The number of carbonyl (C=O) groups is 1. The number of nitrogens with one attached hydrogen (secondary N) is 1. The predicted octanol–water partition coefficient (Wildman–Crippen LogP) is 2.95. The number of halogens is 1. The van der Waals surface area contributed by atoms with Gasteiger partial charge in [-0.1, -0.05) is 12.1 Å². The highest BCUT2D eigenvalue weighted by Crippen LogP contribution is 2.19. The van der Waals surface area contributed by atoms with E-state index in [9.17, 15) is 4.79 Å². The fourth-order valence-electron chi connectivity index (χ4n) is 2.54. The van der Waals surface area contributed by atoms with Crippen molar-refractivity contribution in [3.05, 3.63) is 57.5 Å². The fourth-order valence-corrected chi connectivity index (χ4v) is 2.85. The van der Waals surface area contributed by atoms with Crippen LogP contribution in [0.5, 0.6) is 0 Å². The molecule has 132 valence electrons. The molecule has 25 heavy (non-hydrogen) atoms. The van der Waals surface area contributed by atoms with Crippen molar-refractivity contribution in [3.8, 4) is 0 Å². The van der Waals surface area contributed by atoms with Gasteiger partial charge in [0.15, 0.2) is 0 Å². The second-order valence-electron chi connectivity index (χ2n) is 5.84. The first-order valence-corrected chi connectivity index (χ1v) is 8.89. The molecule has 0 saturated carbocycles. The summed E-state index contributed by atoms with van der Waals surface area (Å²) in [6.45, 7) is 6.17. The summed E-state index contributed by atoms with van der Waals surface area (Å²) in [5.74, 6) is 1.09. The Morgan fingerprint density at radius 3 is 2.68 bits per heavy atom. The molecule has 1 N–H and O–H groups in total. The lowest BCUT2D eigenvalue weighted by atomic mass is 10.1. The monoisotopic (exact) mass is 405 g/mol. The molecule has 2 aromatic rings. The molecule has 3 rings (SSSR count). The minimum atomic E-state index is -0.253. The van der Waals surface area contributed by atoms with Gasteiger partial charge in [0.25, 0.3) is 5.91 Å². The van der Waals surface area contributed by atoms with Crippen molar-refractivity contribution in [3.63, 3.8) is 0 Å². The van der Waals surface area contributed by atoms with Gasteiger partial charge in [-0.05, 0) is 40.5 Å². The number of hydrogen-bond acceptors (Lipinski definition) is 5. The third kappa shape index (κ3) is 5.01. The third-order valence-electron chi connectivity index (χ3n) is 3.96. The number of amides is 1. The van der Waals surface area contributed by atoms with E-state index in [1.807, 2.05) is 31.2 Å². The average molecular weight is 406 g/mol. The Hall–Kier alpha value is -1.96. The lowest BCUT2D eigenvalue weighted by molar-refractivity contribution is 0.0342. The molecule has 0 aliphatic carbocycles. The van der Waals surface area contributed by atoms with Crippen molar-refractivity contribution in [2.75, 3.05) is 26.3 Å². The van der Waals surface area contributed by atoms with Gasteiger partial charge in [-0.2, -0.15) is 5.10 Å². The van der Waals surface area contributed by atoms with Gasteiger partial charge < -0.3 is 9.15 Å². The highest BCUT2D eigenvalue weighted by Gasteiger charge is 2.11. The van der Waals surface area contributed by atoms with E-state index in [1.54, 1.807) is 6.07 Å². The molecule has 2 heterocycles. The summed E-state index contributed by atoms with van der Waals surface area (Å²) in [7, 11) is 0. The van der Waals surface area contributed by atoms with Crippen molar-refractivity contribution in [2.24, 2.45) is 5.10 Å². The topological polar surface area (TPSA) is 67.1 Å². The van der Waals surface area contributed by atoms with Gasteiger partial charge in [0.2, 0.25) is 0 Å². The maximum Gasteiger partial charge on any atom is 0.271 e. The first-order valence-electron chi connectivity index (χ1n) is 8.10. The van der Waals surface area contributed by atoms with Crippen LogP contribution in [0.2, 0.25) is 0 Å². The summed E-state index contributed by atoms with van der Waals surface area (Å²) < 4.78 is 11.6. The Bertz CT molecular complexity index is 730. The quantitative estimate of drug-likeness (QED) is 0.613. The minimum absolute atomic E-state index is 0.253. The third-order valence-corrected chi connectivity index (χ3v) is 4.75. The zero-order valence-corrected chi connectivity index (χ0v) is 15.6. The maximum absolute atomic E-state index is 12.1. The highest BCUT2D eigenvalue weighted by atomic mass is 79.9. The molecule has 1 saturated heterocycles. The van der Waals surface area contributed by atoms with E-state index in [2.05, 4.69) is 31.4 Å². The largest absolute Gasteiger partial charge is 0.459 e. The number of hydrogen-bond donors (Lipinski definition) is 1. The SMILES string of the molecule is Cc1oc(/C=N\NC(=O)c2ccc(CN3CCOCC3)cc2)cc1Br. The van der Waals surface area contributed by atoms with Gasteiger partial charge in [0.1, 0.15) is 11.5 Å². The molecule has 0 bridgehead atoms. The van der Waals surface area contributed by atoms with Crippen LogP contribution >= 0.6 is 15.9 Å². The maximum atomic E-state index is 12.1. The lowest BCUT2D eigenvalue weighted by Gasteiger charge is -2.26. The molecule has 0 spiro atoms. The Balaban J connectivity index is 1.53. The number of nitrogens with zero attached hydrogens (tertiary/aromatic N) is 2. The molecular weight excluding hydrogens is 386 g/mol. The second-order valence-corrected chi connectivity index (χ2v) is 6.69. The second kappa shape index (κ2) is 8.42. The molecule has 0 unspecified atom stereocenters. The van der Waals surface area contributed by atoms with E-state index >= 15 is 0 Å². The van der Waals surface area contributed by atoms with Crippen molar-refractivity contribution in [1.29, 1.82) is 0 Å². The number of hydrazone groups is 1. The zero-order valence-electron chi connectivity index (χ0n) is 14.0. The number of ether oxygens (including phenoxy) is 1. The van der Waals surface area contributed by atoms with E-state index in [-0.39, 0.29) is 5.91 Å². The Morgan fingerprint density at radius 1 is 1.32 bits per heavy atom. The van der Waals surface area contributed by atoms with E-state index in [0.29, 0.717) is 11.3 Å². The smallest absolute Gasteiger partial charge is 0.271 e. The van der Waals surface area contributed by atoms with Crippen molar-refractivity contribution >= 4 is 28.1 Å². The molecule has 1 aromatic carbocycles. The first-order chi connectivity index (χ1) is 12.1. The number of benzene rings is 1. The van der Waals surface area contributed by atoms with E-state index < -0.39 is 0 Å². The highest BCUT2D eigenvalue weighted by molar-refractivity contribution is 9.10. The van der Waals surface area contributed by atoms with Crippen molar-refractivity contribution < 1.29 is 13.9 Å². The van der Waals surface area contributed by atoms with E-state index in [1.165, 1.54) is 11.8 Å². The van der Waals surface area contributed by atoms with Crippen LogP contribution in [0.3, 0.4) is 0 Å². The van der Waals surface area contributed by atoms with Gasteiger partial charge in [-0.25, -0.2) is 5.43 Å². The molecule has 0 radical (unpaired) electrons. The minimum Gasteiger partial charge on any atom is -0.459 e. The molecule has 7 heteroatoms. The summed E-state index contributed by atoms with van der Waals surface area (Å²) in [5.41, 5.74) is 4.25. The van der Waals surface area contributed by atoms with Gasteiger partial charge >= 0.3 is 0 Å². The fraction of sp³-hybridized carbons (Fsp3) is 0.333. The molecule has 0 atom stereocenters. The summed E-state index contributed by atoms with van der Waals surface area (Å²) in [6.07, 6.45) is 1.47. The predicted molar refractivity (Wildman–Crippen MR) is 98.7 cm³/mol. The average Bonchev–Trinajstić information content (AvgIpc) is 2.94. The van der Waals surface area contributed by atoms with Crippen LogP contribution in [0.1, 0.15) is 27.4 Å². The van der Waals surface area contributed by atoms with Crippen LogP contribution in [0.15, 0.2) is 44.3 Å². The molecule has 1 amide bonds. The van der Waals surface area contributed by atoms with E-state index in [4.69, 9.17) is 9.15 Å². The summed E-state index contributed by atoms with van der Waals surface area (Å²) in [4.78, 5) is 14.5. The van der Waals surface area contributed by atoms with Gasteiger partial charge in [-0.3, -0.25) is 9.69 Å². The number of furan rings is 1. The molecule has 1 fully saturated rings. The van der Waals surface area contributed by atoms with Crippen LogP contribution in [0, 0.1) is 6.92 Å². The normalized spacial score (nSPS) is 15.6. The van der Waals surface area contributed by atoms with Crippen LogP contribution in [-0.2, 0) is 11.3 Å². The number of morpholine rings is 1. The van der Waals surface area contributed by atoms with E-state index in [0.717, 1.165) is 43.1 Å². The Kier molecular flexibility index (Phi) is 6.01.